The Kier molecular flexibility index (Phi) is 3.20. The highest BCUT2D eigenvalue weighted by atomic mass is 32.1. The molecule has 94 valence electrons. The van der Waals surface area contributed by atoms with Crippen molar-refractivity contribution in [2.24, 2.45) is 17.3 Å². The third kappa shape index (κ3) is 2.46. The Morgan fingerprint density at radius 3 is 2.89 bits per heavy atom. The SMILES string of the molecule is Cn1/c(=N\N=Cc2cccnc2)sc2ccccc21. The lowest BCUT2D eigenvalue weighted by atomic mass is 10.3. The fourth-order valence-corrected chi connectivity index (χ4v) is 2.75. The summed E-state index contributed by atoms with van der Waals surface area (Å²) >= 11 is 1.63. The van der Waals surface area contributed by atoms with E-state index in [1.54, 1.807) is 29.9 Å². The summed E-state index contributed by atoms with van der Waals surface area (Å²) in [5.74, 6) is 0. The fraction of sp³-hybridized carbons (Fsp3) is 0.0714. The van der Waals surface area contributed by atoms with Crippen molar-refractivity contribution in [3.05, 3.63) is 59.2 Å². The standard InChI is InChI=1S/C14H12N4S/c1-18-12-6-2-3-7-13(12)19-14(18)17-16-10-11-5-4-8-15-9-11/h2-10H,1H3/b16-10?,17-14+. The fourth-order valence-electron chi connectivity index (χ4n) is 1.78. The van der Waals surface area contributed by atoms with Gasteiger partial charge in [0.1, 0.15) is 0 Å². The summed E-state index contributed by atoms with van der Waals surface area (Å²) in [6.07, 6.45) is 5.20. The van der Waals surface area contributed by atoms with Gasteiger partial charge in [-0.1, -0.05) is 29.5 Å². The van der Waals surface area contributed by atoms with Gasteiger partial charge >= 0.3 is 0 Å². The number of nitrogens with zero attached hydrogens (tertiary/aromatic N) is 4. The lowest BCUT2D eigenvalue weighted by molar-refractivity contribution is 0.889. The Balaban J connectivity index is 1.98. The van der Waals surface area contributed by atoms with E-state index in [0.717, 1.165) is 10.4 Å². The van der Waals surface area contributed by atoms with Crippen LogP contribution in [0.5, 0.6) is 0 Å². The first-order valence-corrected chi connectivity index (χ1v) is 6.68. The van der Waals surface area contributed by atoms with E-state index in [9.17, 15) is 0 Å². The maximum absolute atomic E-state index is 4.26. The Bertz CT molecular complexity index is 784. The molecule has 5 heteroatoms. The van der Waals surface area contributed by atoms with E-state index in [0.29, 0.717) is 0 Å². The largest absolute Gasteiger partial charge is 0.318 e. The monoisotopic (exact) mass is 268 g/mol. The van der Waals surface area contributed by atoms with Crippen molar-refractivity contribution in [1.82, 2.24) is 9.55 Å². The molecule has 0 fully saturated rings. The van der Waals surface area contributed by atoms with E-state index in [4.69, 9.17) is 0 Å². The molecule has 0 saturated heterocycles. The molecule has 0 saturated carbocycles. The number of hydrogen-bond acceptors (Lipinski definition) is 4. The van der Waals surface area contributed by atoms with Crippen LogP contribution < -0.4 is 4.80 Å². The van der Waals surface area contributed by atoms with Gasteiger partial charge in [-0.05, 0) is 18.2 Å². The Morgan fingerprint density at radius 1 is 1.21 bits per heavy atom. The minimum absolute atomic E-state index is 0.876. The molecular formula is C14H12N4S. The molecule has 0 radical (unpaired) electrons. The van der Waals surface area contributed by atoms with Crippen LogP contribution in [-0.4, -0.2) is 15.8 Å². The second-order valence-electron chi connectivity index (χ2n) is 4.04. The molecule has 2 aromatic heterocycles. The van der Waals surface area contributed by atoms with E-state index in [-0.39, 0.29) is 0 Å². The molecule has 0 aliphatic carbocycles. The second kappa shape index (κ2) is 5.16. The van der Waals surface area contributed by atoms with Crippen LogP contribution in [0.2, 0.25) is 0 Å². The smallest absolute Gasteiger partial charge is 0.211 e. The van der Waals surface area contributed by atoms with Crippen molar-refractivity contribution in [1.29, 1.82) is 0 Å². The first-order valence-electron chi connectivity index (χ1n) is 5.86. The summed E-state index contributed by atoms with van der Waals surface area (Å²) in [4.78, 5) is 4.90. The number of hydrogen-bond donors (Lipinski definition) is 0. The molecule has 0 spiro atoms. The second-order valence-corrected chi connectivity index (χ2v) is 5.05. The highest BCUT2D eigenvalue weighted by Gasteiger charge is 2.00. The summed E-state index contributed by atoms with van der Waals surface area (Å²) in [5.41, 5.74) is 2.11. The van der Waals surface area contributed by atoms with Gasteiger partial charge in [0.2, 0.25) is 4.80 Å². The van der Waals surface area contributed by atoms with Crippen molar-refractivity contribution >= 4 is 27.8 Å². The number of fused-ring (bicyclic) bond motifs is 1. The van der Waals surface area contributed by atoms with Gasteiger partial charge in [0.25, 0.3) is 0 Å². The molecule has 1 aromatic carbocycles. The van der Waals surface area contributed by atoms with Crippen LogP contribution in [0.4, 0.5) is 0 Å². The summed E-state index contributed by atoms with van der Waals surface area (Å²) in [7, 11) is 2.00. The van der Waals surface area contributed by atoms with Crippen molar-refractivity contribution in [3.8, 4) is 0 Å². The van der Waals surface area contributed by atoms with Crippen molar-refractivity contribution < 1.29 is 0 Å². The molecule has 0 aliphatic rings. The number of pyridine rings is 1. The van der Waals surface area contributed by atoms with E-state index in [1.807, 2.05) is 35.9 Å². The molecule has 3 rings (SSSR count). The van der Waals surface area contributed by atoms with Gasteiger partial charge in [0.05, 0.1) is 16.4 Å². The maximum atomic E-state index is 4.26. The summed E-state index contributed by atoms with van der Waals surface area (Å²) < 4.78 is 3.25. The van der Waals surface area contributed by atoms with Crippen LogP contribution in [0, 0.1) is 0 Å². The average molecular weight is 268 g/mol. The minimum atomic E-state index is 0.876. The molecule has 0 aliphatic heterocycles. The van der Waals surface area contributed by atoms with Crippen LogP contribution in [0.25, 0.3) is 10.2 Å². The summed E-state index contributed by atoms with van der Waals surface area (Å²) in [6.45, 7) is 0. The maximum Gasteiger partial charge on any atom is 0.211 e. The zero-order valence-electron chi connectivity index (χ0n) is 10.4. The Labute approximate surface area is 114 Å². The lowest BCUT2D eigenvalue weighted by Gasteiger charge is -1.92. The lowest BCUT2D eigenvalue weighted by Crippen LogP contribution is -2.08. The number of aromatic nitrogens is 2. The molecule has 0 unspecified atom stereocenters. The van der Waals surface area contributed by atoms with Crippen molar-refractivity contribution in [3.63, 3.8) is 0 Å². The average Bonchev–Trinajstić information content (AvgIpc) is 2.78. The van der Waals surface area contributed by atoms with Gasteiger partial charge in [-0.3, -0.25) is 4.98 Å². The predicted octanol–water partition coefficient (Wildman–Crippen LogP) is 2.57. The van der Waals surface area contributed by atoms with E-state index in [2.05, 4.69) is 27.3 Å². The highest BCUT2D eigenvalue weighted by Crippen LogP contribution is 2.14. The summed E-state index contributed by atoms with van der Waals surface area (Å²) in [6, 6.07) is 12.0. The van der Waals surface area contributed by atoms with Crippen LogP contribution in [-0.2, 0) is 7.05 Å². The van der Waals surface area contributed by atoms with E-state index >= 15 is 0 Å². The van der Waals surface area contributed by atoms with Crippen LogP contribution in [0.3, 0.4) is 0 Å². The third-order valence-electron chi connectivity index (χ3n) is 2.75. The topological polar surface area (TPSA) is 42.5 Å². The molecule has 4 nitrogen and oxygen atoms in total. The molecule has 19 heavy (non-hydrogen) atoms. The Hall–Kier alpha value is -2.27. The van der Waals surface area contributed by atoms with Crippen LogP contribution >= 0.6 is 11.3 Å². The first-order chi connectivity index (χ1) is 9.34. The number of benzene rings is 1. The molecular weight excluding hydrogens is 256 g/mol. The zero-order valence-corrected chi connectivity index (χ0v) is 11.2. The predicted molar refractivity (Wildman–Crippen MR) is 78.2 cm³/mol. The minimum Gasteiger partial charge on any atom is -0.318 e. The quantitative estimate of drug-likeness (QED) is 0.520. The molecule has 2 heterocycles. The van der Waals surface area contributed by atoms with Crippen molar-refractivity contribution in [2.45, 2.75) is 0 Å². The van der Waals surface area contributed by atoms with Gasteiger partial charge in [0, 0.05) is 25.0 Å². The van der Waals surface area contributed by atoms with Crippen LogP contribution in [0.15, 0.2) is 59.0 Å². The van der Waals surface area contributed by atoms with E-state index < -0.39 is 0 Å². The Morgan fingerprint density at radius 2 is 2.11 bits per heavy atom. The highest BCUT2D eigenvalue weighted by molar-refractivity contribution is 7.16. The normalized spacial score (nSPS) is 12.6. The van der Waals surface area contributed by atoms with Gasteiger partial charge in [-0.15, -0.1) is 5.10 Å². The van der Waals surface area contributed by atoms with E-state index in [1.165, 1.54) is 10.2 Å². The molecule has 3 aromatic rings. The first kappa shape index (κ1) is 11.8. The van der Waals surface area contributed by atoms with Crippen LogP contribution in [0.1, 0.15) is 5.56 Å². The third-order valence-corrected chi connectivity index (χ3v) is 3.85. The van der Waals surface area contributed by atoms with Gasteiger partial charge in [-0.2, -0.15) is 5.10 Å². The molecule has 0 bridgehead atoms. The zero-order chi connectivity index (χ0) is 13.1. The number of rotatable bonds is 2. The molecule has 0 atom stereocenters. The van der Waals surface area contributed by atoms with Gasteiger partial charge in [0.15, 0.2) is 0 Å². The van der Waals surface area contributed by atoms with Crippen molar-refractivity contribution in [2.75, 3.05) is 0 Å². The number of para-hydroxylation sites is 1. The number of aryl methyl sites for hydroxylation is 1. The van der Waals surface area contributed by atoms with Gasteiger partial charge < -0.3 is 4.57 Å². The molecule has 0 N–H and O–H groups in total. The molecule has 0 amide bonds. The number of thiazole rings is 1. The van der Waals surface area contributed by atoms with Gasteiger partial charge in [-0.25, -0.2) is 0 Å². The summed E-state index contributed by atoms with van der Waals surface area (Å²) in [5, 5.41) is 8.38.